The number of halogens is 1. The summed E-state index contributed by atoms with van der Waals surface area (Å²) < 4.78 is 37.7. The van der Waals surface area contributed by atoms with Crippen LogP contribution in [0.25, 0.3) is 0 Å². The predicted molar refractivity (Wildman–Crippen MR) is 127 cm³/mol. The average molecular weight is 561 g/mol. The lowest BCUT2D eigenvalue weighted by molar-refractivity contribution is 0.0186. The molecular formula is C18H36IN5O5S. The van der Waals surface area contributed by atoms with Gasteiger partial charge in [-0.3, -0.25) is 4.99 Å². The van der Waals surface area contributed by atoms with Crippen LogP contribution in [-0.4, -0.2) is 93.6 Å². The zero-order valence-corrected chi connectivity index (χ0v) is 21.3. The zero-order chi connectivity index (χ0) is 21.5. The van der Waals surface area contributed by atoms with E-state index >= 15 is 0 Å². The first-order chi connectivity index (χ1) is 13.6. The van der Waals surface area contributed by atoms with Crippen LogP contribution in [0.3, 0.4) is 0 Å². The molecule has 2 aliphatic heterocycles. The van der Waals surface area contributed by atoms with Crippen LogP contribution in [0.2, 0.25) is 0 Å². The molecule has 0 spiro atoms. The standard InChI is InChI=1S/C18H35N5O5S.HI/c1-18(2,3)28-17(24)23-10-8-22(9-11-23)16(19)20-7-13-29(25,26)21-14-15-6-4-5-12-27-15;/h15,21H,4-14H2,1-3H3,(H2,19,20);1H. The van der Waals surface area contributed by atoms with Crippen molar-refractivity contribution in [2.75, 3.05) is 51.6 Å². The topological polar surface area (TPSA) is 127 Å². The molecule has 0 aromatic heterocycles. The minimum absolute atomic E-state index is 0. The Balaban J connectivity index is 0.00000450. The van der Waals surface area contributed by atoms with Gasteiger partial charge in [-0.15, -0.1) is 24.0 Å². The van der Waals surface area contributed by atoms with E-state index in [2.05, 4.69) is 9.71 Å². The van der Waals surface area contributed by atoms with E-state index in [0.29, 0.717) is 45.3 Å². The van der Waals surface area contributed by atoms with E-state index in [1.54, 1.807) is 4.90 Å². The molecule has 0 aliphatic carbocycles. The van der Waals surface area contributed by atoms with E-state index in [1.807, 2.05) is 25.7 Å². The lowest BCUT2D eigenvalue weighted by Crippen LogP contribution is -2.53. The fraction of sp³-hybridized carbons (Fsp3) is 0.889. The van der Waals surface area contributed by atoms with Crippen molar-refractivity contribution in [2.45, 2.75) is 51.7 Å². The van der Waals surface area contributed by atoms with Gasteiger partial charge in [0.25, 0.3) is 0 Å². The minimum atomic E-state index is -3.43. The highest BCUT2D eigenvalue weighted by Crippen LogP contribution is 2.13. The summed E-state index contributed by atoms with van der Waals surface area (Å²) in [6, 6.07) is 0. The molecular weight excluding hydrogens is 525 g/mol. The first-order valence-electron chi connectivity index (χ1n) is 10.2. The monoisotopic (exact) mass is 561 g/mol. The molecule has 0 saturated carbocycles. The number of nitrogens with two attached hydrogens (primary N) is 1. The number of guanidine groups is 1. The molecule has 2 heterocycles. The molecule has 30 heavy (non-hydrogen) atoms. The van der Waals surface area contributed by atoms with E-state index in [9.17, 15) is 13.2 Å². The maximum Gasteiger partial charge on any atom is 0.410 e. The van der Waals surface area contributed by atoms with E-state index in [-0.39, 0.29) is 48.5 Å². The third-order valence-electron chi connectivity index (χ3n) is 4.69. The number of aliphatic imine (C=N–C) groups is 1. The van der Waals surface area contributed by atoms with Gasteiger partial charge in [-0.2, -0.15) is 0 Å². The molecule has 0 bridgehead atoms. The van der Waals surface area contributed by atoms with Crippen molar-refractivity contribution in [3.8, 4) is 0 Å². The normalized spacial score (nSPS) is 21.2. The number of hydrogen-bond acceptors (Lipinski definition) is 6. The van der Waals surface area contributed by atoms with Crippen LogP contribution in [-0.2, 0) is 19.5 Å². The van der Waals surface area contributed by atoms with Crippen molar-refractivity contribution in [2.24, 2.45) is 10.7 Å². The molecule has 10 nitrogen and oxygen atoms in total. The van der Waals surface area contributed by atoms with E-state index < -0.39 is 15.6 Å². The fourth-order valence-electron chi connectivity index (χ4n) is 3.09. The SMILES string of the molecule is CC(C)(C)OC(=O)N1CCN(C(N)=NCCS(=O)(=O)NCC2CCCCO2)CC1.I. The van der Waals surface area contributed by atoms with Crippen LogP contribution in [0, 0.1) is 0 Å². The number of carbonyl (C=O) groups is 1. The highest BCUT2D eigenvalue weighted by Gasteiger charge is 2.26. The van der Waals surface area contributed by atoms with Gasteiger partial charge in [-0.25, -0.2) is 17.9 Å². The molecule has 2 rings (SSSR count). The summed E-state index contributed by atoms with van der Waals surface area (Å²) in [4.78, 5) is 19.8. The highest BCUT2D eigenvalue weighted by atomic mass is 127. The number of piperazine rings is 1. The van der Waals surface area contributed by atoms with Crippen LogP contribution in [0.5, 0.6) is 0 Å². The second-order valence-corrected chi connectivity index (χ2v) is 10.3. The number of ether oxygens (including phenoxy) is 2. The summed E-state index contributed by atoms with van der Waals surface area (Å²) in [5.74, 6) is 0.165. The van der Waals surface area contributed by atoms with Gasteiger partial charge in [0.15, 0.2) is 5.96 Å². The van der Waals surface area contributed by atoms with Gasteiger partial charge < -0.3 is 25.0 Å². The Labute approximate surface area is 197 Å². The van der Waals surface area contributed by atoms with Gasteiger partial charge in [0, 0.05) is 39.3 Å². The van der Waals surface area contributed by atoms with Crippen molar-refractivity contribution in [3.63, 3.8) is 0 Å². The van der Waals surface area contributed by atoms with Crippen LogP contribution < -0.4 is 10.5 Å². The molecule has 2 saturated heterocycles. The van der Waals surface area contributed by atoms with Crippen LogP contribution in [0.4, 0.5) is 4.79 Å². The van der Waals surface area contributed by atoms with E-state index in [0.717, 1.165) is 19.3 Å². The molecule has 2 aliphatic rings. The van der Waals surface area contributed by atoms with Crippen molar-refractivity contribution >= 4 is 46.1 Å². The zero-order valence-electron chi connectivity index (χ0n) is 18.1. The van der Waals surface area contributed by atoms with Gasteiger partial charge >= 0.3 is 6.09 Å². The van der Waals surface area contributed by atoms with Gasteiger partial charge in [0.05, 0.1) is 18.4 Å². The highest BCUT2D eigenvalue weighted by molar-refractivity contribution is 14.0. The summed E-state index contributed by atoms with van der Waals surface area (Å²) in [6.07, 6.45) is 2.58. The lowest BCUT2D eigenvalue weighted by atomic mass is 10.1. The van der Waals surface area contributed by atoms with Crippen molar-refractivity contribution in [1.29, 1.82) is 0 Å². The molecule has 176 valence electrons. The molecule has 0 radical (unpaired) electrons. The van der Waals surface area contributed by atoms with Crippen LogP contribution >= 0.6 is 24.0 Å². The first-order valence-corrected chi connectivity index (χ1v) is 11.8. The second kappa shape index (κ2) is 12.2. The number of amides is 1. The fourth-order valence-corrected chi connectivity index (χ4v) is 4.00. The molecule has 0 aromatic carbocycles. The molecule has 3 N–H and O–H groups in total. The Hall–Kier alpha value is -0.860. The maximum absolute atomic E-state index is 12.1. The molecule has 0 aromatic rings. The summed E-state index contributed by atoms with van der Waals surface area (Å²) in [6.45, 7) is 8.57. The molecule has 1 amide bonds. The third-order valence-corrected chi connectivity index (χ3v) is 6.02. The van der Waals surface area contributed by atoms with Crippen molar-refractivity contribution in [1.82, 2.24) is 14.5 Å². The number of nitrogens with one attached hydrogen (secondary N) is 1. The lowest BCUT2D eigenvalue weighted by Gasteiger charge is -2.36. The summed E-state index contributed by atoms with van der Waals surface area (Å²) in [5, 5.41) is 0. The van der Waals surface area contributed by atoms with Gasteiger partial charge in [-0.05, 0) is 40.0 Å². The average Bonchev–Trinajstić information content (AvgIpc) is 2.66. The van der Waals surface area contributed by atoms with E-state index in [1.165, 1.54) is 0 Å². The Morgan fingerprint density at radius 3 is 2.40 bits per heavy atom. The second-order valence-electron chi connectivity index (χ2n) is 8.35. The Bertz CT molecular complexity index is 669. The Morgan fingerprint density at radius 1 is 1.20 bits per heavy atom. The van der Waals surface area contributed by atoms with E-state index in [4.69, 9.17) is 15.2 Å². The number of nitrogens with zero attached hydrogens (tertiary/aromatic N) is 3. The minimum Gasteiger partial charge on any atom is -0.444 e. The number of sulfonamides is 1. The quantitative estimate of drug-likeness (QED) is 0.281. The smallest absolute Gasteiger partial charge is 0.410 e. The Kier molecular flexibility index (Phi) is 11.1. The number of hydrogen-bond donors (Lipinski definition) is 2. The number of carbonyl (C=O) groups excluding carboxylic acids is 1. The van der Waals surface area contributed by atoms with Gasteiger partial charge in [-0.1, -0.05) is 0 Å². The summed E-state index contributed by atoms with van der Waals surface area (Å²) in [7, 11) is -3.43. The molecule has 2 fully saturated rings. The maximum atomic E-state index is 12.1. The van der Waals surface area contributed by atoms with Crippen LogP contribution in [0.15, 0.2) is 4.99 Å². The first kappa shape index (κ1) is 27.2. The number of rotatable bonds is 6. The molecule has 1 unspecified atom stereocenters. The predicted octanol–water partition coefficient (Wildman–Crippen LogP) is 0.960. The largest absolute Gasteiger partial charge is 0.444 e. The van der Waals surface area contributed by atoms with Crippen molar-refractivity contribution in [3.05, 3.63) is 0 Å². The van der Waals surface area contributed by atoms with Gasteiger partial charge in [0.1, 0.15) is 5.60 Å². The Morgan fingerprint density at radius 2 is 1.83 bits per heavy atom. The summed E-state index contributed by atoms with van der Waals surface area (Å²) in [5.41, 5.74) is 5.47. The van der Waals surface area contributed by atoms with Gasteiger partial charge in [0.2, 0.25) is 10.0 Å². The third kappa shape index (κ3) is 9.96. The molecule has 12 heteroatoms. The molecule has 1 atom stereocenters. The van der Waals surface area contributed by atoms with Crippen molar-refractivity contribution < 1.29 is 22.7 Å². The summed E-state index contributed by atoms with van der Waals surface area (Å²) >= 11 is 0. The van der Waals surface area contributed by atoms with Crippen LogP contribution in [0.1, 0.15) is 40.0 Å².